The summed E-state index contributed by atoms with van der Waals surface area (Å²) in [7, 11) is 0. The van der Waals surface area contributed by atoms with Crippen molar-refractivity contribution in [3.63, 3.8) is 0 Å². The zero-order valence-electron chi connectivity index (χ0n) is 17.3. The standard InChI is InChI=1S/C26H22BrN3O/c1-15-3-9-23-19(11-15)21(13-28-23)25(26(30-31)17-5-7-18(27)8-6-17)22-14-29-24-10-4-16(2)12-20(22)24/h3-14,25,28-29,31H,1-2H3/b30-26-. The van der Waals surface area contributed by atoms with Crippen molar-refractivity contribution < 1.29 is 5.21 Å². The lowest BCUT2D eigenvalue weighted by atomic mass is 9.83. The fraction of sp³-hybridized carbons (Fsp3) is 0.115. The van der Waals surface area contributed by atoms with Crippen LogP contribution in [0.3, 0.4) is 0 Å². The van der Waals surface area contributed by atoms with Crippen LogP contribution in [0.25, 0.3) is 21.8 Å². The number of benzene rings is 3. The maximum atomic E-state index is 10.2. The Kier molecular flexibility index (Phi) is 4.91. The third-order valence-corrected chi connectivity index (χ3v) is 6.41. The molecule has 5 aromatic rings. The Morgan fingerprint density at radius 1 is 0.806 bits per heavy atom. The first-order valence-electron chi connectivity index (χ1n) is 10.2. The molecule has 0 spiro atoms. The number of aryl methyl sites for hydroxylation is 2. The largest absolute Gasteiger partial charge is 0.411 e. The SMILES string of the molecule is Cc1ccc2[nH]cc(C(/C(=N\O)c3ccc(Br)cc3)c3c[nH]c4ccc(C)cc34)c2c1. The number of hydrogen-bond acceptors (Lipinski definition) is 2. The van der Waals surface area contributed by atoms with Crippen molar-refractivity contribution in [2.45, 2.75) is 19.8 Å². The molecule has 2 heterocycles. The highest BCUT2D eigenvalue weighted by Gasteiger charge is 2.28. The Bertz CT molecular complexity index is 1350. The molecule has 0 saturated carbocycles. The van der Waals surface area contributed by atoms with E-state index in [1.165, 1.54) is 11.1 Å². The Labute approximate surface area is 188 Å². The molecule has 5 heteroatoms. The second kappa shape index (κ2) is 7.75. The molecule has 0 aliphatic heterocycles. The minimum atomic E-state index is -0.253. The van der Waals surface area contributed by atoms with Gasteiger partial charge in [0.2, 0.25) is 0 Å². The van der Waals surface area contributed by atoms with Crippen LogP contribution in [0.2, 0.25) is 0 Å². The summed E-state index contributed by atoms with van der Waals surface area (Å²) in [6.07, 6.45) is 4.07. The maximum absolute atomic E-state index is 10.2. The van der Waals surface area contributed by atoms with Crippen LogP contribution in [-0.2, 0) is 0 Å². The van der Waals surface area contributed by atoms with Crippen molar-refractivity contribution in [2.24, 2.45) is 5.16 Å². The third kappa shape index (κ3) is 3.45. The van der Waals surface area contributed by atoms with E-state index in [4.69, 9.17) is 0 Å². The minimum absolute atomic E-state index is 0.253. The number of nitrogens with one attached hydrogen (secondary N) is 2. The Balaban J connectivity index is 1.80. The number of oxime groups is 1. The lowest BCUT2D eigenvalue weighted by Crippen LogP contribution is -2.15. The summed E-state index contributed by atoms with van der Waals surface area (Å²) < 4.78 is 0.982. The van der Waals surface area contributed by atoms with Crippen molar-refractivity contribution in [2.75, 3.05) is 0 Å². The summed E-state index contributed by atoms with van der Waals surface area (Å²) in [4.78, 5) is 6.80. The van der Waals surface area contributed by atoms with Crippen molar-refractivity contribution >= 4 is 43.4 Å². The summed E-state index contributed by atoms with van der Waals surface area (Å²) >= 11 is 3.50. The summed E-state index contributed by atoms with van der Waals surface area (Å²) in [6.45, 7) is 4.19. The first-order valence-corrected chi connectivity index (χ1v) is 11.0. The van der Waals surface area contributed by atoms with Crippen molar-refractivity contribution in [1.82, 2.24) is 9.97 Å². The molecule has 0 atom stereocenters. The second-order valence-corrected chi connectivity index (χ2v) is 8.93. The zero-order chi connectivity index (χ0) is 21.5. The summed E-state index contributed by atoms with van der Waals surface area (Å²) in [5.41, 5.74) is 8.15. The van der Waals surface area contributed by atoms with Crippen LogP contribution in [0, 0.1) is 13.8 Å². The second-order valence-electron chi connectivity index (χ2n) is 8.01. The molecule has 0 amide bonds. The van der Waals surface area contributed by atoms with Gasteiger partial charge in [0.1, 0.15) is 0 Å². The van der Waals surface area contributed by atoms with Gasteiger partial charge in [-0.25, -0.2) is 0 Å². The predicted molar refractivity (Wildman–Crippen MR) is 130 cm³/mol. The lowest BCUT2D eigenvalue weighted by molar-refractivity contribution is 0.317. The first kappa shape index (κ1) is 19.6. The number of nitrogens with zero attached hydrogens (tertiary/aromatic N) is 1. The summed E-state index contributed by atoms with van der Waals surface area (Å²) in [5.74, 6) is -0.253. The van der Waals surface area contributed by atoms with Gasteiger partial charge in [-0.2, -0.15) is 0 Å². The maximum Gasteiger partial charge on any atom is 0.0988 e. The van der Waals surface area contributed by atoms with Crippen LogP contribution in [0.1, 0.15) is 33.7 Å². The monoisotopic (exact) mass is 471 g/mol. The van der Waals surface area contributed by atoms with E-state index in [0.29, 0.717) is 5.71 Å². The number of fused-ring (bicyclic) bond motifs is 2. The average molecular weight is 472 g/mol. The normalized spacial score (nSPS) is 12.3. The van der Waals surface area contributed by atoms with E-state index >= 15 is 0 Å². The molecule has 31 heavy (non-hydrogen) atoms. The molecule has 5 rings (SSSR count). The van der Waals surface area contributed by atoms with Crippen molar-refractivity contribution in [3.8, 4) is 0 Å². The van der Waals surface area contributed by atoms with Gasteiger partial charge in [-0.1, -0.05) is 56.5 Å². The molecule has 0 unspecified atom stereocenters. The van der Waals surface area contributed by atoms with E-state index < -0.39 is 0 Å². The van der Waals surface area contributed by atoms with E-state index in [-0.39, 0.29) is 5.92 Å². The number of rotatable bonds is 4. The van der Waals surface area contributed by atoms with Crippen LogP contribution >= 0.6 is 15.9 Å². The van der Waals surface area contributed by atoms with Crippen LogP contribution in [0.4, 0.5) is 0 Å². The molecule has 0 radical (unpaired) electrons. The van der Waals surface area contributed by atoms with Gasteiger partial charge in [0.15, 0.2) is 0 Å². The van der Waals surface area contributed by atoms with Crippen LogP contribution in [-0.4, -0.2) is 20.9 Å². The third-order valence-electron chi connectivity index (χ3n) is 5.88. The van der Waals surface area contributed by atoms with E-state index in [1.807, 2.05) is 36.7 Å². The minimum Gasteiger partial charge on any atom is -0.411 e. The first-order chi connectivity index (χ1) is 15.0. The topological polar surface area (TPSA) is 64.2 Å². The molecule has 154 valence electrons. The molecule has 3 N–H and O–H groups in total. The summed E-state index contributed by atoms with van der Waals surface area (Å²) in [5, 5.41) is 16.3. The van der Waals surface area contributed by atoms with E-state index in [1.54, 1.807) is 0 Å². The van der Waals surface area contributed by atoms with Gasteiger partial charge in [0.25, 0.3) is 0 Å². The van der Waals surface area contributed by atoms with Gasteiger partial charge >= 0.3 is 0 Å². The lowest BCUT2D eigenvalue weighted by Gasteiger charge is -2.19. The Hall–Kier alpha value is -3.31. The molecule has 4 nitrogen and oxygen atoms in total. The van der Waals surface area contributed by atoms with Gasteiger partial charge < -0.3 is 15.2 Å². The average Bonchev–Trinajstić information content (AvgIpc) is 3.36. The smallest absolute Gasteiger partial charge is 0.0988 e. The zero-order valence-corrected chi connectivity index (χ0v) is 18.9. The molecule has 0 aliphatic rings. The number of H-pyrrole nitrogens is 2. The molecular formula is C26H22BrN3O. The number of aromatic nitrogens is 2. The van der Waals surface area contributed by atoms with E-state index in [9.17, 15) is 5.21 Å². The molecule has 0 bridgehead atoms. The molecular weight excluding hydrogens is 450 g/mol. The van der Waals surface area contributed by atoms with Gasteiger partial charge in [-0.05, 0) is 61.4 Å². The summed E-state index contributed by atoms with van der Waals surface area (Å²) in [6, 6.07) is 20.7. The molecule has 2 aromatic heterocycles. The van der Waals surface area contributed by atoms with Crippen LogP contribution < -0.4 is 0 Å². The van der Waals surface area contributed by atoms with Crippen molar-refractivity contribution in [1.29, 1.82) is 0 Å². The molecule has 0 fully saturated rings. The molecule has 0 aliphatic carbocycles. The number of halogens is 1. The van der Waals surface area contributed by atoms with E-state index in [2.05, 4.69) is 81.3 Å². The van der Waals surface area contributed by atoms with Gasteiger partial charge in [-0.3, -0.25) is 0 Å². The van der Waals surface area contributed by atoms with E-state index in [0.717, 1.165) is 43.0 Å². The van der Waals surface area contributed by atoms with Crippen LogP contribution in [0.15, 0.2) is 82.7 Å². The quantitative estimate of drug-likeness (QED) is 0.147. The highest BCUT2D eigenvalue weighted by Crippen LogP contribution is 2.38. The Morgan fingerprint density at radius 2 is 1.32 bits per heavy atom. The highest BCUT2D eigenvalue weighted by atomic mass is 79.9. The molecule has 3 aromatic carbocycles. The van der Waals surface area contributed by atoms with Crippen LogP contribution in [0.5, 0.6) is 0 Å². The van der Waals surface area contributed by atoms with Gasteiger partial charge in [0.05, 0.1) is 11.6 Å². The highest BCUT2D eigenvalue weighted by molar-refractivity contribution is 9.10. The predicted octanol–water partition coefficient (Wildman–Crippen LogP) is 7.04. The van der Waals surface area contributed by atoms with Gasteiger partial charge in [0, 0.05) is 44.2 Å². The number of hydrogen-bond donors (Lipinski definition) is 3. The fourth-order valence-corrected chi connectivity index (χ4v) is 4.62. The number of aromatic amines is 2. The fourth-order valence-electron chi connectivity index (χ4n) is 4.35. The van der Waals surface area contributed by atoms with Gasteiger partial charge in [-0.15, -0.1) is 0 Å². The molecule has 0 saturated heterocycles. The van der Waals surface area contributed by atoms with Crippen molar-refractivity contribution in [3.05, 3.63) is 105 Å². The Morgan fingerprint density at radius 3 is 1.81 bits per heavy atom.